The van der Waals surface area contributed by atoms with Crippen molar-refractivity contribution in [2.45, 2.75) is 26.2 Å². The summed E-state index contributed by atoms with van der Waals surface area (Å²) < 4.78 is 0. The topological polar surface area (TPSA) is 20.3 Å². The molecule has 1 unspecified atom stereocenters. The summed E-state index contributed by atoms with van der Waals surface area (Å²) in [5.41, 5.74) is 0. The van der Waals surface area contributed by atoms with Crippen LogP contribution < -0.4 is 0 Å². The lowest BCUT2D eigenvalue weighted by molar-refractivity contribution is -0.132. The first-order chi connectivity index (χ1) is 6.24. The Labute approximate surface area is 85.1 Å². The van der Waals surface area contributed by atoms with Crippen LogP contribution in [0.5, 0.6) is 0 Å². The molecule has 0 bridgehead atoms. The molecule has 1 fully saturated rings. The number of hydrogen-bond acceptors (Lipinski definition) is 2. The molecule has 1 saturated heterocycles. The third-order valence-corrected chi connectivity index (χ3v) is 3.14. The number of amides is 1. The highest BCUT2D eigenvalue weighted by atomic mass is 32.2. The quantitative estimate of drug-likeness (QED) is 0.696. The monoisotopic (exact) mass is 201 g/mol. The second-order valence-corrected chi connectivity index (χ2v) is 4.82. The van der Waals surface area contributed by atoms with Crippen molar-refractivity contribution >= 4 is 17.7 Å². The number of nitrogens with zero attached hydrogens (tertiary/aromatic N) is 1. The normalized spacial score (nSPS) is 23.2. The number of rotatable bonds is 3. The van der Waals surface area contributed by atoms with Crippen LogP contribution in [0.1, 0.15) is 26.2 Å². The summed E-state index contributed by atoms with van der Waals surface area (Å²) in [5, 5.41) is 0. The fourth-order valence-corrected chi connectivity index (χ4v) is 2.14. The van der Waals surface area contributed by atoms with Crippen LogP contribution in [-0.2, 0) is 4.79 Å². The van der Waals surface area contributed by atoms with Crippen LogP contribution in [0.25, 0.3) is 0 Å². The first kappa shape index (κ1) is 10.9. The minimum atomic E-state index is 0.348. The summed E-state index contributed by atoms with van der Waals surface area (Å²) in [5.74, 6) is 2.01. The first-order valence-corrected chi connectivity index (χ1v) is 6.40. The van der Waals surface area contributed by atoms with Gasteiger partial charge in [0, 0.05) is 25.3 Å². The maximum atomic E-state index is 11.6. The summed E-state index contributed by atoms with van der Waals surface area (Å²) in [6.07, 6.45) is 5.23. The number of carbonyl (C=O) groups is 1. The largest absolute Gasteiger partial charge is 0.342 e. The van der Waals surface area contributed by atoms with E-state index >= 15 is 0 Å². The van der Waals surface area contributed by atoms with E-state index in [-0.39, 0.29) is 0 Å². The van der Waals surface area contributed by atoms with Gasteiger partial charge in [0.2, 0.25) is 5.91 Å². The first-order valence-electron chi connectivity index (χ1n) is 5.00. The van der Waals surface area contributed by atoms with Crippen LogP contribution in [0.3, 0.4) is 0 Å². The van der Waals surface area contributed by atoms with Crippen LogP contribution in [0, 0.1) is 5.92 Å². The van der Waals surface area contributed by atoms with Crippen LogP contribution in [0.4, 0.5) is 0 Å². The van der Waals surface area contributed by atoms with Crippen LogP contribution in [0.15, 0.2) is 0 Å². The Morgan fingerprint density at radius 3 is 3.00 bits per heavy atom. The molecule has 13 heavy (non-hydrogen) atoms. The summed E-state index contributed by atoms with van der Waals surface area (Å²) in [7, 11) is 0. The molecule has 0 radical (unpaired) electrons. The highest BCUT2D eigenvalue weighted by Crippen LogP contribution is 2.16. The zero-order chi connectivity index (χ0) is 9.68. The highest BCUT2D eigenvalue weighted by Gasteiger charge is 2.19. The van der Waals surface area contributed by atoms with Gasteiger partial charge in [-0.25, -0.2) is 0 Å². The van der Waals surface area contributed by atoms with Gasteiger partial charge in [0.15, 0.2) is 0 Å². The van der Waals surface area contributed by atoms with E-state index in [4.69, 9.17) is 0 Å². The van der Waals surface area contributed by atoms with Crippen molar-refractivity contribution < 1.29 is 4.79 Å². The molecule has 1 heterocycles. The molecule has 0 aromatic heterocycles. The minimum Gasteiger partial charge on any atom is -0.342 e. The lowest BCUT2D eigenvalue weighted by Gasteiger charge is -2.30. The van der Waals surface area contributed by atoms with E-state index in [0.29, 0.717) is 18.2 Å². The van der Waals surface area contributed by atoms with Crippen molar-refractivity contribution in [1.29, 1.82) is 0 Å². The Morgan fingerprint density at radius 2 is 2.38 bits per heavy atom. The molecule has 1 atom stereocenters. The van der Waals surface area contributed by atoms with E-state index in [1.54, 1.807) is 11.8 Å². The Bertz CT molecular complexity index is 172. The van der Waals surface area contributed by atoms with E-state index in [2.05, 4.69) is 6.92 Å². The average molecular weight is 201 g/mol. The Morgan fingerprint density at radius 1 is 1.62 bits per heavy atom. The van der Waals surface area contributed by atoms with E-state index in [0.717, 1.165) is 18.8 Å². The van der Waals surface area contributed by atoms with Crippen LogP contribution in [0.2, 0.25) is 0 Å². The smallest absolute Gasteiger partial charge is 0.223 e. The van der Waals surface area contributed by atoms with Crippen LogP contribution in [-0.4, -0.2) is 35.9 Å². The predicted molar refractivity (Wildman–Crippen MR) is 58.0 cm³/mol. The zero-order valence-electron chi connectivity index (χ0n) is 8.58. The molecule has 0 spiro atoms. The fourth-order valence-electron chi connectivity index (χ4n) is 1.76. The Balaban J connectivity index is 2.28. The highest BCUT2D eigenvalue weighted by molar-refractivity contribution is 7.98. The molecule has 1 aliphatic rings. The van der Waals surface area contributed by atoms with Crippen molar-refractivity contribution in [3.63, 3.8) is 0 Å². The van der Waals surface area contributed by atoms with Gasteiger partial charge in [-0.15, -0.1) is 0 Å². The van der Waals surface area contributed by atoms with Gasteiger partial charge in [-0.05, 0) is 25.0 Å². The van der Waals surface area contributed by atoms with Gasteiger partial charge in [-0.1, -0.05) is 6.92 Å². The molecule has 1 amide bonds. The Kier molecular flexibility index (Phi) is 4.64. The zero-order valence-corrected chi connectivity index (χ0v) is 9.40. The number of likely N-dealkylation sites (tertiary alicyclic amines) is 1. The molecule has 1 rings (SSSR count). The maximum absolute atomic E-state index is 11.6. The summed E-state index contributed by atoms with van der Waals surface area (Å²) in [6.45, 7) is 4.19. The molecule has 0 aromatic rings. The molecule has 0 aromatic carbocycles. The Hall–Kier alpha value is -0.180. The molecule has 0 saturated carbocycles. The van der Waals surface area contributed by atoms with Crippen molar-refractivity contribution in [2.24, 2.45) is 5.92 Å². The summed E-state index contributed by atoms with van der Waals surface area (Å²) >= 11 is 1.75. The summed E-state index contributed by atoms with van der Waals surface area (Å²) in [4.78, 5) is 13.6. The third-order valence-electron chi connectivity index (χ3n) is 2.53. The lowest BCUT2D eigenvalue weighted by Crippen LogP contribution is -2.39. The van der Waals surface area contributed by atoms with Gasteiger partial charge >= 0.3 is 0 Å². The predicted octanol–water partition coefficient (Wildman–Crippen LogP) is 2.00. The van der Waals surface area contributed by atoms with Gasteiger partial charge < -0.3 is 4.90 Å². The molecule has 76 valence electrons. The second kappa shape index (κ2) is 5.53. The van der Waals surface area contributed by atoms with Crippen molar-refractivity contribution in [2.75, 3.05) is 25.1 Å². The minimum absolute atomic E-state index is 0.348. The van der Waals surface area contributed by atoms with Gasteiger partial charge in [0.1, 0.15) is 0 Å². The molecule has 3 heteroatoms. The summed E-state index contributed by atoms with van der Waals surface area (Å²) in [6, 6.07) is 0. The van der Waals surface area contributed by atoms with Crippen molar-refractivity contribution in [3.05, 3.63) is 0 Å². The van der Waals surface area contributed by atoms with E-state index in [1.807, 2.05) is 11.2 Å². The van der Waals surface area contributed by atoms with Crippen LogP contribution >= 0.6 is 11.8 Å². The van der Waals surface area contributed by atoms with Gasteiger partial charge in [-0.3, -0.25) is 4.79 Å². The molecular weight excluding hydrogens is 182 g/mol. The molecular formula is C10H19NOS. The van der Waals surface area contributed by atoms with E-state index in [9.17, 15) is 4.79 Å². The average Bonchev–Trinajstić information content (AvgIpc) is 2.14. The SMILES string of the molecule is CSCCC(=O)N1CCCC(C)C1. The van der Waals surface area contributed by atoms with Crippen molar-refractivity contribution in [1.82, 2.24) is 4.90 Å². The number of thioether (sulfide) groups is 1. The maximum Gasteiger partial charge on any atom is 0.223 e. The number of hydrogen-bond donors (Lipinski definition) is 0. The van der Waals surface area contributed by atoms with E-state index in [1.165, 1.54) is 12.8 Å². The van der Waals surface area contributed by atoms with Gasteiger partial charge in [0.05, 0.1) is 0 Å². The van der Waals surface area contributed by atoms with Crippen molar-refractivity contribution in [3.8, 4) is 0 Å². The third kappa shape index (κ3) is 3.59. The lowest BCUT2D eigenvalue weighted by atomic mass is 10.0. The molecule has 0 aliphatic carbocycles. The number of piperidine rings is 1. The molecule has 0 N–H and O–H groups in total. The standard InChI is InChI=1S/C10H19NOS/c1-9-4-3-6-11(8-9)10(12)5-7-13-2/h9H,3-8H2,1-2H3. The molecule has 1 aliphatic heterocycles. The van der Waals surface area contributed by atoms with Gasteiger partial charge in [0.25, 0.3) is 0 Å². The van der Waals surface area contributed by atoms with E-state index < -0.39 is 0 Å². The second-order valence-electron chi connectivity index (χ2n) is 3.83. The fraction of sp³-hybridized carbons (Fsp3) is 0.900. The van der Waals surface area contributed by atoms with Gasteiger partial charge in [-0.2, -0.15) is 11.8 Å². The number of carbonyl (C=O) groups excluding carboxylic acids is 1. The molecule has 2 nitrogen and oxygen atoms in total.